The van der Waals surface area contributed by atoms with Gasteiger partial charge in [0, 0.05) is 18.2 Å². The third-order valence-electron chi connectivity index (χ3n) is 6.87. The van der Waals surface area contributed by atoms with E-state index in [1.165, 1.54) is 37.3 Å². The van der Waals surface area contributed by atoms with Crippen LogP contribution in [-0.2, 0) is 26.0 Å². The minimum atomic E-state index is -4.27. The molecule has 3 aromatic carbocycles. The van der Waals surface area contributed by atoms with E-state index in [4.69, 9.17) is 9.47 Å². The van der Waals surface area contributed by atoms with Crippen LogP contribution in [0.2, 0.25) is 0 Å². The molecule has 0 aliphatic carbocycles. The first kappa shape index (κ1) is 33.5. The van der Waals surface area contributed by atoms with Crippen LogP contribution in [-0.4, -0.2) is 64.0 Å². The van der Waals surface area contributed by atoms with Crippen LogP contribution < -0.4 is 19.1 Å². The van der Waals surface area contributed by atoms with E-state index >= 15 is 0 Å². The quantitative estimate of drug-likeness (QED) is 0.314. The molecule has 9 nitrogen and oxygen atoms in total. The number of carbonyl (C=O) groups excluding carboxylic acids is 2. The molecule has 3 aromatic rings. The average Bonchev–Trinajstić information content (AvgIpc) is 2.94. The molecule has 0 aliphatic heterocycles. The van der Waals surface area contributed by atoms with E-state index in [1.807, 2.05) is 71.0 Å². The second-order valence-electron chi connectivity index (χ2n) is 11.6. The highest BCUT2D eigenvalue weighted by atomic mass is 32.2. The highest BCUT2D eigenvalue weighted by Gasteiger charge is 2.33. The van der Waals surface area contributed by atoms with Gasteiger partial charge in [-0.15, -0.1) is 0 Å². The summed E-state index contributed by atoms with van der Waals surface area (Å²) in [6, 6.07) is 18.5. The Kier molecular flexibility index (Phi) is 10.9. The fraction of sp³-hybridized carbons (Fsp3) is 0.394. The van der Waals surface area contributed by atoms with Crippen molar-refractivity contribution in [1.82, 2.24) is 10.2 Å². The lowest BCUT2D eigenvalue weighted by Gasteiger charge is -2.33. The van der Waals surface area contributed by atoms with E-state index < -0.39 is 34.1 Å². The normalized spacial score (nSPS) is 12.3. The molecular weight excluding hydrogens is 566 g/mol. The Labute approximate surface area is 255 Å². The summed E-state index contributed by atoms with van der Waals surface area (Å²) < 4.78 is 40.2. The fourth-order valence-corrected chi connectivity index (χ4v) is 6.19. The summed E-state index contributed by atoms with van der Waals surface area (Å²) in [5, 5.41) is 2.94. The highest BCUT2D eigenvalue weighted by molar-refractivity contribution is 7.92. The maximum Gasteiger partial charge on any atom is 0.264 e. The van der Waals surface area contributed by atoms with Crippen molar-refractivity contribution in [3.63, 3.8) is 0 Å². The molecule has 0 bridgehead atoms. The van der Waals surface area contributed by atoms with Crippen LogP contribution in [0.4, 0.5) is 5.69 Å². The number of carbonyl (C=O) groups is 2. The van der Waals surface area contributed by atoms with Gasteiger partial charge >= 0.3 is 0 Å². The van der Waals surface area contributed by atoms with Crippen LogP contribution in [0.25, 0.3) is 0 Å². The molecule has 2 amide bonds. The van der Waals surface area contributed by atoms with Gasteiger partial charge in [0.15, 0.2) is 11.5 Å². The van der Waals surface area contributed by atoms with Crippen LogP contribution in [0.15, 0.2) is 71.6 Å². The second kappa shape index (κ2) is 13.9. The van der Waals surface area contributed by atoms with Crippen molar-refractivity contribution in [2.24, 2.45) is 0 Å². The van der Waals surface area contributed by atoms with Crippen molar-refractivity contribution < 1.29 is 27.5 Å². The standard InChI is InChI=1S/C33H43N3O6S/c1-23-18-24(2)20-27(19-23)36(43(39,40)28-14-15-29(41-7)30(21-28)42-8)22-31(37)35(17-16-26-12-10-9-11-13-26)25(3)32(38)34-33(4,5)6/h9-15,18-21,25H,16-17,22H2,1-8H3,(H,34,38)/t25-/m0/s1. The lowest BCUT2D eigenvalue weighted by atomic mass is 10.1. The molecular formula is C33H43N3O6S. The van der Waals surface area contributed by atoms with Gasteiger partial charge in [-0.3, -0.25) is 13.9 Å². The number of sulfonamides is 1. The molecule has 0 fully saturated rings. The maximum atomic E-state index is 14.2. The predicted octanol–water partition coefficient (Wildman–Crippen LogP) is 4.89. The average molecular weight is 610 g/mol. The Bertz CT molecular complexity index is 1510. The molecule has 0 aliphatic rings. The van der Waals surface area contributed by atoms with E-state index in [9.17, 15) is 18.0 Å². The van der Waals surface area contributed by atoms with Gasteiger partial charge in [0.1, 0.15) is 12.6 Å². The Balaban J connectivity index is 2.07. The van der Waals surface area contributed by atoms with Crippen LogP contribution in [0.3, 0.4) is 0 Å². The molecule has 0 spiro atoms. The minimum Gasteiger partial charge on any atom is -0.493 e. The molecule has 0 heterocycles. The van der Waals surface area contributed by atoms with Crippen LogP contribution in [0.5, 0.6) is 11.5 Å². The van der Waals surface area contributed by atoms with Gasteiger partial charge in [-0.25, -0.2) is 8.42 Å². The number of methoxy groups -OCH3 is 2. The van der Waals surface area contributed by atoms with E-state index in [1.54, 1.807) is 19.1 Å². The zero-order chi connectivity index (χ0) is 31.9. The number of nitrogens with zero attached hydrogens (tertiary/aromatic N) is 2. The highest BCUT2D eigenvalue weighted by Crippen LogP contribution is 2.33. The topological polar surface area (TPSA) is 105 Å². The molecule has 1 N–H and O–H groups in total. The maximum absolute atomic E-state index is 14.2. The first-order valence-corrected chi connectivity index (χ1v) is 15.6. The van der Waals surface area contributed by atoms with E-state index in [0.717, 1.165) is 21.0 Å². The molecule has 3 rings (SSSR count). The van der Waals surface area contributed by atoms with E-state index in [-0.39, 0.29) is 23.1 Å². The summed E-state index contributed by atoms with van der Waals surface area (Å²) in [4.78, 5) is 28.8. The van der Waals surface area contributed by atoms with Crippen molar-refractivity contribution in [3.05, 3.63) is 83.4 Å². The number of hydrogen-bond donors (Lipinski definition) is 1. The van der Waals surface area contributed by atoms with Gasteiger partial charge in [-0.1, -0.05) is 36.4 Å². The van der Waals surface area contributed by atoms with Crippen LogP contribution in [0, 0.1) is 13.8 Å². The van der Waals surface area contributed by atoms with Crippen molar-refractivity contribution >= 4 is 27.5 Å². The number of hydrogen-bond acceptors (Lipinski definition) is 6. The van der Waals surface area contributed by atoms with Gasteiger partial charge in [0.25, 0.3) is 10.0 Å². The summed E-state index contributed by atoms with van der Waals surface area (Å²) in [6.07, 6.45) is 0.492. The summed E-state index contributed by atoms with van der Waals surface area (Å²) in [7, 11) is -1.38. The van der Waals surface area contributed by atoms with Gasteiger partial charge in [0.2, 0.25) is 11.8 Å². The smallest absolute Gasteiger partial charge is 0.264 e. The third kappa shape index (κ3) is 8.73. The van der Waals surface area contributed by atoms with Crippen LogP contribution >= 0.6 is 0 Å². The summed E-state index contributed by atoms with van der Waals surface area (Å²) >= 11 is 0. The van der Waals surface area contributed by atoms with E-state index in [2.05, 4.69) is 5.32 Å². The van der Waals surface area contributed by atoms with Gasteiger partial charge < -0.3 is 19.7 Å². The van der Waals surface area contributed by atoms with Crippen molar-refractivity contribution in [2.75, 3.05) is 31.6 Å². The number of amides is 2. The summed E-state index contributed by atoms with van der Waals surface area (Å²) in [5.74, 6) is -0.209. The molecule has 10 heteroatoms. The molecule has 232 valence electrons. The van der Waals surface area contributed by atoms with Crippen LogP contribution in [0.1, 0.15) is 44.4 Å². The zero-order valence-corrected chi connectivity index (χ0v) is 27.1. The zero-order valence-electron chi connectivity index (χ0n) is 26.3. The fourth-order valence-electron chi connectivity index (χ4n) is 4.77. The van der Waals surface area contributed by atoms with Crippen molar-refractivity contribution in [2.45, 2.75) is 64.4 Å². The molecule has 43 heavy (non-hydrogen) atoms. The summed E-state index contributed by atoms with van der Waals surface area (Å²) in [5.41, 5.74) is 2.51. The predicted molar refractivity (Wildman–Crippen MR) is 169 cm³/mol. The number of anilines is 1. The molecule has 0 unspecified atom stereocenters. The van der Waals surface area contributed by atoms with Crippen molar-refractivity contribution in [1.29, 1.82) is 0 Å². The monoisotopic (exact) mass is 609 g/mol. The number of nitrogens with one attached hydrogen (secondary N) is 1. The van der Waals surface area contributed by atoms with Gasteiger partial charge in [-0.05, 0) is 88.9 Å². The first-order valence-electron chi connectivity index (χ1n) is 14.1. The Morgan fingerprint density at radius 2 is 1.49 bits per heavy atom. The number of rotatable bonds is 12. The Morgan fingerprint density at radius 1 is 0.884 bits per heavy atom. The lowest BCUT2D eigenvalue weighted by molar-refractivity contribution is -0.139. The summed E-state index contributed by atoms with van der Waals surface area (Å²) in [6.45, 7) is 10.7. The Hall–Kier alpha value is -4.05. The first-order chi connectivity index (χ1) is 20.2. The van der Waals surface area contributed by atoms with Gasteiger partial charge in [-0.2, -0.15) is 0 Å². The molecule has 1 atom stereocenters. The molecule has 0 saturated carbocycles. The number of ether oxygens (including phenoxy) is 2. The third-order valence-corrected chi connectivity index (χ3v) is 8.64. The molecule has 0 radical (unpaired) electrons. The minimum absolute atomic E-state index is 0.0635. The van der Waals surface area contributed by atoms with E-state index in [0.29, 0.717) is 17.9 Å². The largest absolute Gasteiger partial charge is 0.493 e. The van der Waals surface area contributed by atoms with Crippen molar-refractivity contribution in [3.8, 4) is 11.5 Å². The lowest BCUT2D eigenvalue weighted by Crippen LogP contribution is -2.55. The number of benzene rings is 3. The second-order valence-corrected chi connectivity index (χ2v) is 13.5. The molecule has 0 aromatic heterocycles. The van der Waals surface area contributed by atoms with Gasteiger partial charge in [0.05, 0.1) is 24.8 Å². The molecule has 0 saturated heterocycles. The Morgan fingerprint density at radius 3 is 2.05 bits per heavy atom. The SMILES string of the molecule is COc1ccc(S(=O)(=O)N(CC(=O)N(CCc2ccccc2)[C@@H](C)C(=O)NC(C)(C)C)c2cc(C)cc(C)c2)cc1OC. The number of aryl methyl sites for hydroxylation is 2.